The van der Waals surface area contributed by atoms with Gasteiger partial charge in [-0.25, -0.2) is 0 Å². The van der Waals surface area contributed by atoms with Gasteiger partial charge in [0.2, 0.25) is 0 Å². The fourth-order valence-electron chi connectivity index (χ4n) is 7.77. The van der Waals surface area contributed by atoms with Gasteiger partial charge in [0.25, 0.3) is 0 Å². The first-order valence-corrected chi connectivity index (χ1v) is 27.9. The molecule has 386 valence electrons. The predicted molar refractivity (Wildman–Crippen MR) is 269 cm³/mol. The first-order valence-electron chi connectivity index (χ1n) is 27.9. The summed E-state index contributed by atoms with van der Waals surface area (Å²) in [5, 5.41) is 40.2. The fourth-order valence-corrected chi connectivity index (χ4v) is 7.77. The number of unbranched alkanes of at least 4 members (excludes halogenated alkanes) is 33. The van der Waals surface area contributed by atoms with Crippen LogP contribution in [0.3, 0.4) is 0 Å². The molecule has 0 radical (unpaired) electrons. The van der Waals surface area contributed by atoms with Gasteiger partial charge in [0.05, 0.1) is 0 Å². The third-order valence-corrected chi connectivity index (χ3v) is 11.7. The van der Waals surface area contributed by atoms with Crippen LogP contribution in [0.5, 0.6) is 0 Å². The summed E-state index contributed by atoms with van der Waals surface area (Å²) in [4.78, 5) is 30.7. The molecule has 0 aliphatic heterocycles. The molecule has 0 amide bonds. The number of hydrogen-bond acceptors (Lipinski definition) is 7. The van der Waals surface area contributed by atoms with Crippen molar-refractivity contribution < 1.29 is 56.5 Å². The molecule has 0 saturated carbocycles. The van der Waals surface area contributed by atoms with Gasteiger partial charge in [0, 0.05) is 17.9 Å². The third kappa shape index (κ3) is 93.8. The van der Waals surface area contributed by atoms with Crippen LogP contribution in [-0.2, 0) is 36.1 Å². The number of carboxylic acids is 3. The van der Waals surface area contributed by atoms with Crippen LogP contribution in [0, 0.1) is 17.8 Å². The largest absolute Gasteiger partial charge is 4.00 e. The van der Waals surface area contributed by atoms with Crippen molar-refractivity contribution in [3.8, 4) is 0 Å². The van der Waals surface area contributed by atoms with Crippen molar-refractivity contribution in [3.63, 3.8) is 0 Å². The van der Waals surface area contributed by atoms with E-state index in [-0.39, 0.29) is 41.0 Å². The van der Waals surface area contributed by atoms with Gasteiger partial charge in [-0.2, -0.15) is 0 Å². The molecule has 8 heteroatoms. The summed E-state index contributed by atoms with van der Waals surface area (Å²) in [7, 11) is 0. The minimum Gasteiger partial charge on any atom is -0.852 e. The first-order chi connectivity index (χ1) is 30.6. The van der Waals surface area contributed by atoms with Crippen molar-refractivity contribution in [1.82, 2.24) is 0 Å². The Morgan fingerprint density at radius 2 is 0.369 bits per heavy atom. The smallest absolute Gasteiger partial charge is 0.852 e. The number of rotatable bonds is 45. The second kappa shape index (κ2) is 63.1. The summed E-state index contributed by atoms with van der Waals surface area (Å²) in [6.07, 6.45) is 50.5. The molecule has 0 spiro atoms. The van der Waals surface area contributed by atoms with Crippen molar-refractivity contribution in [2.75, 3.05) is 0 Å². The molecule has 0 aromatic carbocycles. The standard InChI is InChI=1S/3C18H36O2.C3H7O.Ti/c3*1-17(2)15-13-11-9-7-5-3-4-6-8-10-12-14-16-18(19)20;1-3(2)4;/h3*17H,3-16H2,1-2H3,(H,19,20);3H,1-2H3;/q;;;-1;+4/p-3. The Labute approximate surface area is 421 Å². The van der Waals surface area contributed by atoms with E-state index in [9.17, 15) is 34.8 Å². The maximum absolute atomic E-state index is 10.2. The second-order valence-electron chi connectivity index (χ2n) is 20.7. The SMILES string of the molecule is CC(C)CCCCCCCCCCCCCCC(=O)[O-].CC(C)CCCCCCCCCCCCCCC(=O)[O-].CC(C)CCCCCCCCCCCCCCC(=O)[O-].CC(C)[O-].[Ti+4]. The van der Waals surface area contributed by atoms with E-state index in [1.165, 1.54) is 212 Å². The molecule has 0 saturated heterocycles. The Balaban J connectivity index is -0.000000263. The number of carbonyl (C=O) groups excluding carboxylic acids is 3. The maximum Gasteiger partial charge on any atom is 4.00 e. The van der Waals surface area contributed by atoms with E-state index in [4.69, 9.17) is 0 Å². The van der Waals surface area contributed by atoms with Gasteiger partial charge in [0.15, 0.2) is 0 Å². The number of carbonyl (C=O) groups is 3. The van der Waals surface area contributed by atoms with Gasteiger partial charge in [-0.1, -0.05) is 287 Å². The molecule has 0 rings (SSSR count). The van der Waals surface area contributed by atoms with Gasteiger partial charge >= 0.3 is 21.7 Å². The van der Waals surface area contributed by atoms with Gasteiger partial charge in [-0.05, 0) is 56.3 Å². The Morgan fingerprint density at radius 1 is 0.262 bits per heavy atom. The van der Waals surface area contributed by atoms with Gasteiger partial charge < -0.3 is 34.8 Å². The van der Waals surface area contributed by atoms with Crippen LogP contribution in [0.15, 0.2) is 0 Å². The second-order valence-corrected chi connectivity index (χ2v) is 20.7. The van der Waals surface area contributed by atoms with Crippen molar-refractivity contribution in [3.05, 3.63) is 0 Å². The van der Waals surface area contributed by atoms with E-state index in [2.05, 4.69) is 41.5 Å². The summed E-state index contributed by atoms with van der Waals surface area (Å²) in [6.45, 7) is 17.0. The Hall–Kier alpha value is -0.916. The van der Waals surface area contributed by atoms with Gasteiger partial charge in [0.1, 0.15) is 0 Å². The Bertz CT molecular complexity index is 796. The van der Waals surface area contributed by atoms with E-state index in [0.29, 0.717) is 0 Å². The van der Waals surface area contributed by atoms with Crippen LogP contribution in [0.2, 0.25) is 0 Å². The minimum atomic E-state index is -0.904. The summed E-state index contributed by atoms with van der Waals surface area (Å²) in [6, 6.07) is 0. The van der Waals surface area contributed by atoms with Crippen LogP contribution in [0.1, 0.15) is 325 Å². The average Bonchev–Trinajstić information content (AvgIpc) is 3.21. The van der Waals surface area contributed by atoms with Crippen LogP contribution < -0.4 is 20.4 Å². The summed E-state index contributed by atoms with van der Waals surface area (Å²) < 4.78 is 0. The molecule has 7 nitrogen and oxygen atoms in total. The third-order valence-electron chi connectivity index (χ3n) is 11.7. The molecule has 0 aromatic rings. The van der Waals surface area contributed by atoms with Gasteiger partial charge in [-0.15, -0.1) is 6.10 Å². The van der Waals surface area contributed by atoms with Crippen molar-refractivity contribution >= 4 is 17.9 Å². The molecule has 0 bridgehead atoms. The van der Waals surface area contributed by atoms with Crippen LogP contribution in [0.4, 0.5) is 0 Å². The maximum atomic E-state index is 10.2. The van der Waals surface area contributed by atoms with Crippen LogP contribution >= 0.6 is 0 Å². The van der Waals surface area contributed by atoms with Crippen LogP contribution in [-0.4, -0.2) is 24.0 Å². The molecule has 65 heavy (non-hydrogen) atoms. The Morgan fingerprint density at radius 3 is 0.477 bits per heavy atom. The van der Waals surface area contributed by atoms with Crippen LogP contribution in [0.25, 0.3) is 0 Å². The van der Waals surface area contributed by atoms with E-state index >= 15 is 0 Å². The van der Waals surface area contributed by atoms with Crippen molar-refractivity contribution in [2.45, 2.75) is 331 Å². The minimum absolute atomic E-state index is 0. The molecule has 0 heterocycles. The summed E-state index contributed by atoms with van der Waals surface area (Å²) >= 11 is 0. The predicted octanol–water partition coefficient (Wildman–Crippen LogP) is 14.3. The quantitative estimate of drug-likeness (QED) is 0.0437. The molecule has 0 fully saturated rings. The van der Waals surface area contributed by atoms with Crippen molar-refractivity contribution in [2.24, 2.45) is 17.8 Å². The molecule has 0 unspecified atom stereocenters. The van der Waals surface area contributed by atoms with E-state index in [0.717, 1.165) is 56.3 Å². The molecule has 0 aromatic heterocycles. The van der Waals surface area contributed by atoms with E-state index in [1.54, 1.807) is 13.8 Å². The number of aliphatic carboxylic acids is 3. The van der Waals surface area contributed by atoms with E-state index < -0.39 is 24.0 Å². The summed E-state index contributed by atoms with van der Waals surface area (Å²) in [5.74, 6) is -0.125. The van der Waals surface area contributed by atoms with Crippen molar-refractivity contribution in [1.29, 1.82) is 0 Å². The number of hydrogen-bond donors (Lipinski definition) is 0. The number of carboxylic acid groups (broad SMARTS) is 3. The first kappa shape index (κ1) is 73.1. The monoisotopic (exact) mass is 957 g/mol. The molecule has 0 aliphatic carbocycles. The topological polar surface area (TPSA) is 143 Å². The van der Waals surface area contributed by atoms with E-state index in [1.807, 2.05) is 0 Å². The molecular formula is C57H112O7Ti. The zero-order valence-corrected chi connectivity index (χ0v) is 46.4. The zero-order chi connectivity index (χ0) is 48.7. The molecule has 0 N–H and O–H groups in total. The average molecular weight is 957 g/mol. The Kier molecular flexibility index (Phi) is 70.9. The molecular weight excluding hydrogens is 844 g/mol. The zero-order valence-electron chi connectivity index (χ0n) is 44.9. The normalized spacial score (nSPS) is 10.8. The molecule has 0 aliphatic rings. The summed E-state index contributed by atoms with van der Waals surface area (Å²) in [5.41, 5.74) is 0. The molecule has 0 atom stereocenters. The fraction of sp³-hybridized carbons (Fsp3) is 0.947. The van der Waals surface area contributed by atoms with Gasteiger partial charge in [-0.3, -0.25) is 0 Å².